The molecular weight excluding hydrogens is 323 g/mol. The number of aliphatic hydroxyl groups excluding tert-OH is 1. The van der Waals surface area contributed by atoms with Gasteiger partial charge < -0.3 is 10.0 Å². The lowest BCUT2D eigenvalue weighted by Gasteiger charge is -2.31. The average Bonchev–Trinajstić information content (AvgIpc) is 2.27. The zero-order valence-corrected chi connectivity index (χ0v) is 12.4. The molecule has 1 N–H and O–H groups in total. The van der Waals surface area contributed by atoms with E-state index in [1.54, 1.807) is 4.90 Å². The van der Waals surface area contributed by atoms with E-state index in [-0.39, 0.29) is 18.3 Å². The number of hydrogen-bond acceptors (Lipinski definition) is 2. The highest BCUT2D eigenvalue weighted by atomic mass is 79.9. The molecule has 0 radical (unpaired) electrons. The highest BCUT2D eigenvalue weighted by Gasteiger charge is 2.35. The largest absolute Gasteiger partial charge is 0.418 e. The first-order valence-corrected chi connectivity index (χ1v) is 6.81. The maximum absolute atomic E-state index is 13.0. The van der Waals surface area contributed by atoms with Crippen LogP contribution < -0.4 is 4.90 Å². The number of anilines is 1. The monoisotopic (exact) mass is 339 g/mol. The van der Waals surface area contributed by atoms with Crippen molar-refractivity contribution in [2.45, 2.75) is 32.5 Å². The molecule has 6 heteroatoms. The van der Waals surface area contributed by atoms with Crippen molar-refractivity contribution in [2.75, 3.05) is 18.1 Å². The van der Waals surface area contributed by atoms with E-state index in [2.05, 4.69) is 15.9 Å². The Morgan fingerprint density at radius 3 is 2.42 bits per heavy atom. The van der Waals surface area contributed by atoms with E-state index in [1.165, 1.54) is 12.1 Å². The van der Waals surface area contributed by atoms with Gasteiger partial charge in [0.15, 0.2) is 0 Å². The summed E-state index contributed by atoms with van der Waals surface area (Å²) in [7, 11) is 0. The Balaban J connectivity index is 3.23. The molecular formula is C13H17BrF3NO. The number of aliphatic hydroxyl groups is 1. The molecule has 0 fully saturated rings. The molecule has 0 atom stereocenters. The Bertz CT molecular complexity index is 421. The van der Waals surface area contributed by atoms with Crippen LogP contribution in [0.25, 0.3) is 0 Å². The molecule has 0 saturated carbocycles. The van der Waals surface area contributed by atoms with E-state index < -0.39 is 11.7 Å². The summed E-state index contributed by atoms with van der Waals surface area (Å²) in [4.78, 5) is 1.66. The van der Waals surface area contributed by atoms with Crippen LogP contribution in [0.3, 0.4) is 0 Å². The van der Waals surface area contributed by atoms with Gasteiger partial charge in [0.1, 0.15) is 0 Å². The molecule has 1 rings (SSSR count). The Hall–Kier alpha value is -0.750. The summed E-state index contributed by atoms with van der Waals surface area (Å²) in [5, 5.41) is 8.87. The molecule has 2 nitrogen and oxygen atoms in total. The minimum atomic E-state index is -4.39. The third kappa shape index (κ3) is 4.38. The Morgan fingerprint density at radius 1 is 1.32 bits per heavy atom. The van der Waals surface area contributed by atoms with Crippen molar-refractivity contribution in [3.8, 4) is 0 Å². The lowest BCUT2D eigenvalue weighted by atomic mass is 10.1. The molecule has 0 spiro atoms. The second-order valence-electron chi connectivity index (χ2n) is 4.52. The third-order valence-electron chi connectivity index (χ3n) is 2.76. The van der Waals surface area contributed by atoms with Crippen LogP contribution in [0, 0.1) is 0 Å². The van der Waals surface area contributed by atoms with Crippen LogP contribution in [0.2, 0.25) is 0 Å². The first-order chi connectivity index (χ1) is 8.77. The molecule has 0 heterocycles. The van der Waals surface area contributed by atoms with Gasteiger partial charge in [0, 0.05) is 23.7 Å². The second kappa shape index (κ2) is 6.61. The fourth-order valence-corrected chi connectivity index (χ4v) is 2.23. The molecule has 19 heavy (non-hydrogen) atoms. The normalized spacial score (nSPS) is 12.0. The summed E-state index contributed by atoms with van der Waals surface area (Å²) in [6.45, 7) is 4.00. The Kier molecular flexibility index (Phi) is 5.67. The molecule has 0 unspecified atom stereocenters. The quantitative estimate of drug-likeness (QED) is 0.874. The predicted molar refractivity (Wildman–Crippen MR) is 73.3 cm³/mol. The van der Waals surface area contributed by atoms with Gasteiger partial charge >= 0.3 is 6.18 Å². The van der Waals surface area contributed by atoms with Crippen LogP contribution in [0.4, 0.5) is 18.9 Å². The molecule has 1 aromatic rings. The van der Waals surface area contributed by atoms with Gasteiger partial charge in [0.25, 0.3) is 0 Å². The summed E-state index contributed by atoms with van der Waals surface area (Å²) in [5.41, 5.74) is -0.507. The molecule has 0 bridgehead atoms. The molecule has 1 aromatic carbocycles. The van der Waals surface area contributed by atoms with E-state index in [4.69, 9.17) is 5.11 Å². The maximum Gasteiger partial charge on any atom is 0.418 e. The van der Waals surface area contributed by atoms with E-state index >= 15 is 0 Å². The van der Waals surface area contributed by atoms with Gasteiger partial charge in [-0.2, -0.15) is 13.2 Å². The van der Waals surface area contributed by atoms with E-state index in [1.807, 2.05) is 13.8 Å². The van der Waals surface area contributed by atoms with Crippen molar-refractivity contribution in [2.24, 2.45) is 0 Å². The molecule has 0 saturated heterocycles. The number of benzene rings is 1. The van der Waals surface area contributed by atoms with Crippen molar-refractivity contribution in [1.29, 1.82) is 0 Å². The summed E-state index contributed by atoms with van der Waals surface area (Å²) in [6.07, 6.45) is -3.95. The van der Waals surface area contributed by atoms with Crippen LogP contribution in [0.15, 0.2) is 22.7 Å². The lowest BCUT2D eigenvalue weighted by Crippen LogP contribution is -2.34. The highest BCUT2D eigenvalue weighted by molar-refractivity contribution is 9.10. The fourth-order valence-electron chi connectivity index (χ4n) is 1.88. The van der Waals surface area contributed by atoms with Crippen LogP contribution >= 0.6 is 15.9 Å². The van der Waals surface area contributed by atoms with E-state index in [0.29, 0.717) is 17.4 Å². The molecule has 0 aliphatic carbocycles. The maximum atomic E-state index is 13.0. The zero-order chi connectivity index (χ0) is 14.6. The van der Waals surface area contributed by atoms with Crippen LogP contribution in [0.5, 0.6) is 0 Å². The fraction of sp³-hybridized carbons (Fsp3) is 0.538. The summed E-state index contributed by atoms with van der Waals surface area (Å²) < 4.78 is 39.7. The van der Waals surface area contributed by atoms with E-state index in [0.717, 1.165) is 6.07 Å². The molecule has 0 aliphatic rings. The molecule has 108 valence electrons. The van der Waals surface area contributed by atoms with Crippen molar-refractivity contribution in [3.05, 3.63) is 28.2 Å². The predicted octanol–water partition coefficient (Wildman–Crippen LogP) is 4.07. The van der Waals surface area contributed by atoms with Crippen molar-refractivity contribution >= 4 is 21.6 Å². The third-order valence-corrected chi connectivity index (χ3v) is 3.25. The van der Waals surface area contributed by atoms with Crippen molar-refractivity contribution < 1.29 is 18.3 Å². The highest BCUT2D eigenvalue weighted by Crippen LogP contribution is 2.38. The average molecular weight is 340 g/mol. The van der Waals surface area contributed by atoms with E-state index in [9.17, 15) is 13.2 Å². The smallest absolute Gasteiger partial charge is 0.396 e. The summed E-state index contributed by atoms with van der Waals surface area (Å²) >= 11 is 3.21. The summed E-state index contributed by atoms with van der Waals surface area (Å²) in [6, 6.07) is 3.85. The van der Waals surface area contributed by atoms with Gasteiger partial charge in [0.2, 0.25) is 0 Å². The number of hydrogen-bond donors (Lipinski definition) is 1. The van der Waals surface area contributed by atoms with Gasteiger partial charge in [-0.1, -0.05) is 15.9 Å². The zero-order valence-electron chi connectivity index (χ0n) is 10.8. The first kappa shape index (κ1) is 16.3. The van der Waals surface area contributed by atoms with Gasteiger partial charge in [-0.15, -0.1) is 0 Å². The van der Waals surface area contributed by atoms with Crippen molar-refractivity contribution in [1.82, 2.24) is 0 Å². The minimum absolute atomic E-state index is 0.0431. The van der Waals surface area contributed by atoms with Crippen LogP contribution in [0.1, 0.15) is 25.8 Å². The second-order valence-corrected chi connectivity index (χ2v) is 5.44. The van der Waals surface area contributed by atoms with Crippen molar-refractivity contribution in [3.63, 3.8) is 0 Å². The number of alkyl halides is 3. The molecule has 0 amide bonds. The molecule has 0 aliphatic heterocycles. The van der Waals surface area contributed by atoms with Crippen LogP contribution in [-0.4, -0.2) is 24.3 Å². The first-order valence-electron chi connectivity index (χ1n) is 6.01. The number of halogens is 4. The molecule has 0 aromatic heterocycles. The topological polar surface area (TPSA) is 23.5 Å². The van der Waals surface area contributed by atoms with Crippen LogP contribution in [-0.2, 0) is 6.18 Å². The summed E-state index contributed by atoms with van der Waals surface area (Å²) in [5.74, 6) is 0. The van der Waals surface area contributed by atoms with Gasteiger partial charge in [-0.3, -0.25) is 0 Å². The Labute approximate surface area is 119 Å². The Morgan fingerprint density at radius 2 is 1.95 bits per heavy atom. The number of nitrogens with zero attached hydrogens (tertiary/aromatic N) is 1. The minimum Gasteiger partial charge on any atom is -0.396 e. The van der Waals surface area contributed by atoms with Gasteiger partial charge in [0.05, 0.1) is 11.3 Å². The lowest BCUT2D eigenvalue weighted by molar-refractivity contribution is -0.137. The van der Waals surface area contributed by atoms with Gasteiger partial charge in [-0.05, 0) is 38.5 Å². The van der Waals surface area contributed by atoms with Gasteiger partial charge in [-0.25, -0.2) is 0 Å². The standard InChI is InChI=1S/C13H17BrF3NO/c1-9(2)18(6-3-7-19)12-8-10(14)4-5-11(12)13(15,16)17/h4-5,8-9,19H,3,6-7H2,1-2H3. The SMILES string of the molecule is CC(C)N(CCCO)c1cc(Br)ccc1C(F)(F)F. The number of rotatable bonds is 5.